The molecule has 1 heterocycles. The summed E-state index contributed by atoms with van der Waals surface area (Å²) in [6, 6.07) is 11.3. The fourth-order valence-corrected chi connectivity index (χ4v) is 2.37. The molecule has 1 saturated heterocycles. The van der Waals surface area contributed by atoms with Crippen molar-refractivity contribution in [1.82, 2.24) is 10.6 Å². The first-order valence-electron chi connectivity index (χ1n) is 6.18. The predicted molar refractivity (Wildman–Crippen MR) is 68.6 cm³/mol. The van der Waals surface area contributed by atoms with Crippen molar-refractivity contribution in [2.75, 3.05) is 13.1 Å². The van der Waals surface area contributed by atoms with E-state index in [2.05, 4.69) is 54.8 Å². The van der Waals surface area contributed by atoms with Crippen LogP contribution in [0, 0.1) is 0 Å². The molecule has 2 N–H and O–H groups in total. The third-order valence-corrected chi connectivity index (χ3v) is 3.27. The monoisotopic (exact) mass is 218 g/mol. The lowest BCUT2D eigenvalue weighted by Gasteiger charge is -2.17. The standard InChI is InChI=1S/C14H22N2/c1-14(2)10-13(11-16-14)15-9-8-12-6-4-3-5-7-12/h3-7,13,15-16H,8-11H2,1-2H3. The van der Waals surface area contributed by atoms with E-state index in [4.69, 9.17) is 0 Å². The van der Waals surface area contributed by atoms with Crippen LogP contribution >= 0.6 is 0 Å². The fourth-order valence-electron chi connectivity index (χ4n) is 2.37. The van der Waals surface area contributed by atoms with E-state index in [1.54, 1.807) is 0 Å². The molecule has 1 aromatic rings. The lowest BCUT2D eigenvalue weighted by Crippen LogP contribution is -2.32. The smallest absolute Gasteiger partial charge is 0.0210 e. The summed E-state index contributed by atoms with van der Waals surface area (Å²) in [6.45, 7) is 6.71. The zero-order valence-electron chi connectivity index (χ0n) is 10.3. The first-order valence-corrected chi connectivity index (χ1v) is 6.18. The van der Waals surface area contributed by atoms with E-state index in [0.717, 1.165) is 19.5 Å². The Kier molecular flexibility index (Phi) is 3.62. The predicted octanol–water partition coefficient (Wildman–Crippen LogP) is 1.96. The maximum atomic E-state index is 3.62. The van der Waals surface area contributed by atoms with Gasteiger partial charge in [-0.25, -0.2) is 0 Å². The fraction of sp³-hybridized carbons (Fsp3) is 0.571. The molecule has 1 unspecified atom stereocenters. The third kappa shape index (κ3) is 3.32. The van der Waals surface area contributed by atoms with E-state index in [-0.39, 0.29) is 0 Å². The lowest BCUT2D eigenvalue weighted by molar-refractivity contribution is 0.443. The zero-order valence-corrected chi connectivity index (χ0v) is 10.3. The Labute approximate surface area is 98.4 Å². The van der Waals surface area contributed by atoms with Gasteiger partial charge >= 0.3 is 0 Å². The van der Waals surface area contributed by atoms with E-state index in [1.807, 2.05) is 0 Å². The molecule has 0 aromatic heterocycles. The molecule has 1 atom stereocenters. The Morgan fingerprint density at radius 2 is 2.06 bits per heavy atom. The van der Waals surface area contributed by atoms with Gasteiger partial charge in [-0.05, 0) is 38.8 Å². The molecule has 0 spiro atoms. The van der Waals surface area contributed by atoms with Crippen LogP contribution in [0.3, 0.4) is 0 Å². The molecule has 0 radical (unpaired) electrons. The van der Waals surface area contributed by atoms with Crippen molar-refractivity contribution in [3.63, 3.8) is 0 Å². The molecule has 88 valence electrons. The van der Waals surface area contributed by atoms with Gasteiger partial charge in [-0.15, -0.1) is 0 Å². The van der Waals surface area contributed by atoms with Crippen LogP contribution in [0.5, 0.6) is 0 Å². The van der Waals surface area contributed by atoms with Gasteiger partial charge in [-0.2, -0.15) is 0 Å². The Morgan fingerprint density at radius 1 is 1.31 bits per heavy atom. The highest BCUT2D eigenvalue weighted by Crippen LogP contribution is 2.17. The highest BCUT2D eigenvalue weighted by Gasteiger charge is 2.29. The number of nitrogens with one attached hydrogen (secondary N) is 2. The molecule has 1 aliphatic heterocycles. The summed E-state index contributed by atoms with van der Waals surface area (Å²) < 4.78 is 0. The maximum Gasteiger partial charge on any atom is 0.0210 e. The average Bonchev–Trinajstić information content (AvgIpc) is 2.60. The molecule has 2 heteroatoms. The maximum absolute atomic E-state index is 3.62. The van der Waals surface area contributed by atoms with Crippen molar-refractivity contribution in [2.24, 2.45) is 0 Å². The SMILES string of the molecule is CC1(C)CC(NCCc2ccccc2)CN1. The van der Waals surface area contributed by atoms with Crippen LogP contribution in [0.1, 0.15) is 25.8 Å². The summed E-state index contributed by atoms with van der Waals surface area (Å²) in [7, 11) is 0. The number of rotatable bonds is 4. The molecule has 1 fully saturated rings. The minimum atomic E-state index is 0.310. The van der Waals surface area contributed by atoms with Crippen LogP contribution in [0.15, 0.2) is 30.3 Å². The third-order valence-electron chi connectivity index (χ3n) is 3.27. The van der Waals surface area contributed by atoms with Gasteiger partial charge in [0.25, 0.3) is 0 Å². The normalized spacial score (nSPS) is 23.5. The summed E-state index contributed by atoms with van der Waals surface area (Å²) in [4.78, 5) is 0. The molecular formula is C14H22N2. The number of hydrogen-bond acceptors (Lipinski definition) is 2. The van der Waals surface area contributed by atoms with Gasteiger partial charge in [0, 0.05) is 18.1 Å². The minimum absolute atomic E-state index is 0.310. The van der Waals surface area contributed by atoms with Crippen LogP contribution in [0.25, 0.3) is 0 Å². The summed E-state index contributed by atoms with van der Waals surface area (Å²) >= 11 is 0. The molecule has 0 aliphatic carbocycles. The summed E-state index contributed by atoms with van der Waals surface area (Å²) in [5.41, 5.74) is 1.73. The molecular weight excluding hydrogens is 196 g/mol. The largest absolute Gasteiger partial charge is 0.312 e. The van der Waals surface area contributed by atoms with Gasteiger partial charge in [0.1, 0.15) is 0 Å². The van der Waals surface area contributed by atoms with Crippen molar-refractivity contribution in [3.05, 3.63) is 35.9 Å². The second-order valence-electron chi connectivity index (χ2n) is 5.36. The summed E-state index contributed by atoms with van der Waals surface area (Å²) in [5, 5.41) is 7.16. The Balaban J connectivity index is 1.70. The van der Waals surface area contributed by atoms with Gasteiger partial charge in [0.05, 0.1) is 0 Å². The van der Waals surface area contributed by atoms with Gasteiger partial charge in [0.2, 0.25) is 0 Å². The highest BCUT2D eigenvalue weighted by atomic mass is 15.1. The van der Waals surface area contributed by atoms with Crippen molar-refractivity contribution >= 4 is 0 Å². The van der Waals surface area contributed by atoms with Gasteiger partial charge in [-0.3, -0.25) is 0 Å². The first kappa shape index (κ1) is 11.6. The molecule has 1 aliphatic rings. The van der Waals surface area contributed by atoms with E-state index >= 15 is 0 Å². The van der Waals surface area contributed by atoms with Crippen LogP contribution in [0.2, 0.25) is 0 Å². The van der Waals surface area contributed by atoms with Gasteiger partial charge in [-0.1, -0.05) is 30.3 Å². The number of benzene rings is 1. The Bertz CT molecular complexity index is 319. The molecule has 1 aromatic carbocycles. The van der Waals surface area contributed by atoms with Crippen LogP contribution < -0.4 is 10.6 Å². The lowest BCUT2D eigenvalue weighted by atomic mass is 10.0. The first-order chi connectivity index (χ1) is 7.66. The average molecular weight is 218 g/mol. The summed E-state index contributed by atoms with van der Waals surface area (Å²) in [6.07, 6.45) is 2.35. The van der Waals surface area contributed by atoms with Crippen LogP contribution in [0.4, 0.5) is 0 Å². The van der Waals surface area contributed by atoms with Crippen LogP contribution in [-0.2, 0) is 6.42 Å². The van der Waals surface area contributed by atoms with Crippen LogP contribution in [-0.4, -0.2) is 24.7 Å². The van der Waals surface area contributed by atoms with Crippen molar-refractivity contribution in [3.8, 4) is 0 Å². The van der Waals surface area contributed by atoms with Crippen molar-refractivity contribution in [1.29, 1.82) is 0 Å². The van der Waals surface area contributed by atoms with E-state index < -0.39 is 0 Å². The topological polar surface area (TPSA) is 24.1 Å². The molecule has 16 heavy (non-hydrogen) atoms. The second-order valence-corrected chi connectivity index (χ2v) is 5.36. The Hall–Kier alpha value is -0.860. The Morgan fingerprint density at radius 3 is 2.69 bits per heavy atom. The highest BCUT2D eigenvalue weighted by molar-refractivity contribution is 5.14. The van der Waals surface area contributed by atoms with Crippen molar-refractivity contribution in [2.45, 2.75) is 38.3 Å². The quantitative estimate of drug-likeness (QED) is 0.807. The zero-order chi connectivity index (χ0) is 11.4. The molecule has 2 rings (SSSR count). The second kappa shape index (κ2) is 4.98. The van der Waals surface area contributed by atoms with Crippen molar-refractivity contribution < 1.29 is 0 Å². The molecule has 0 amide bonds. The van der Waals surface area contributed by atoms with Gasteiger partial charge < -0.3 is 10.6 Å². The van der Waals surface area contributed by atoms with E-state index in [9.17, 15) is 0 Å². The minimum Gasteiger partial charge on any atom is -0.312 e. The summed E-state index contributed by atoms with van der Waals surface area (Å²) in [5.74, 6) is 0. The molecule has 0 bridgehead atoms. The van der Waals surface area contributed by atoms with Gasteiger partial charge in [0.15, 0.2) is 0 Å². The number of hydrogen-bond donors (Lipinski definition) is 2. The molecule has 0 saturated carbocycles. The van der Waals surface area contributed by atoms with E-state index in [0.29, 0.717) is 11.6 Å². The van der Waals surface area contributed by atoms with E-state index in [1.165, 1.54) is 12.0 Å². The molecule has 2 nitrogen and oxygen atoms in total.